The summed E-state index contributed by atoms with van der Waals surface area (Å²) in [6.07, 6.45) is -2.88. The molecule has 208 valence electrons. The average Bonchev–Trinajstić information content (AvgIpc) is 2.93. The van der Waals surface area contributed by atoms with Gasteiger partial charge in [0.1, 0.15) is 12.6 Å². The molecule has 0 amide bonds. The average molecular weight is 564 g/mol. The summed E-state index contributed by atoms with van der Waals surface area (Å²) in [4.78, 5) is 13.9. The predicted octanol–water partition coefficient (Wildman–Crippen LogP) is 6.98. The number of carbonyl (C=O) groups is 1. The van der Waals surface area contributed by atoms with Gasteiger partial charge in [-0.2, -0.15) is 13.2 Å². The topological polar surface area (TPSA) is 68.2 Å². The van der Waals surface area contributed by atoms with Gasteiger partial charge in [-0.05, 0) is 66.4 Å². The molecular weight excluding hydrogens is 535 g/mol. The molecule has 2 atom stereocenters. The monoisotopic (exact) mass is 563 g/mol. The molecule has 0 saturated carbocycles. The summed E-state index contributed by atoms with van der Waals surface area (Å²) in [5.74, 6) is -0.158. The molecule has 0 radical (unpaired) electrons. The van der Waals surface area contributed by atoms with E-state index in [-0.39, 0.29) is 28.7 Å². The van der Waals surface area contributed by atoms with Crippen LogP contribution in [-0.2, 0) is 17.6 Å². The molecule has 2 unspecified atom stereocenters. The van der Waals surface area contributed by atoms with Crippen LogP contribution in [0.4, 0.5) is 13.2 Å². The summed E-state index contributed by atoms with van der Waals surface area (Å²) < 4.78 is 58.4. The van der Waals surface area contributed by atoms with Gasteiger partial charge in [-0.15, -0.1) is 0 Å². The highest BCUT2D eigenvalue weighted by Crippen LogP contribution is 2.46. The zero-order valence-electron chi connectivity index (χ0n) is 21.5. The Morgan fingerprint density at radius 3 is 2.31 bits per heavy atom. The van der Waals surface area contributed by atoms with Crippen LogP contribution < -0.4 is 14.2 Å². The molecule has 0 spiro atoms. The number of rotatable bonds is 9. The summed E-state index contributed by atoms with van der Waals surface area (Å²) in [6.45, 7) is 0.577. The number of benzene rings is 3. The predicted molar refractivity (Wildman–Crippen MR) is 141 cm³/mol. The van der Waals surface area contributed by atoms with Crippen molar-refractivity contribution < 1.29 is 37.3 Å². The van der Waals surface area contributed by atoms with Gasteiger partial charge in [0.15, 0.2) is 11.5 Å². The number of likely N-dealkylation sites (tertiary alicyclic amines) is 1. The van der Waals surface area contributed by atoms with Gasteiger partial charge in [-0.25, -0.2) is 0 Å². The van der Waals surface area contributed by atoms with Gasteiger partial charge in [0.2, 0.25) is 5.75 Å². The minimum absolute atomic E-state index is 0.0880. The largest absolute Gasteiger partial charge is 0.493 e. The van der Waals surface area contributed by atoms with E-state index in [1.807, 2.05) is 30.3 Å². The van der Waals surface area contributed by atoms with E-state index in [0.717, 1.165) is 17.7 Å². The third-order valence-electron chi connectivity index (χ3n) is 6.80. The number of piperidine rings is 1. The van der Waals surface area contributed by atoms with Crippen LogP contribution in [0.25, 0.3) is 0 Å². The van der Waals surface area contributed by atoms with Gasteiger partial charge in [0.05, 0.1) is 25.8 Å². The summed E-state index contributed by atoms with van der Waals surface area (Å²) in [7, 11) is 2.89. The normalized spacial score (nSPS) is 16.9. The van der Waals surface area contributed by atoms with Crippen LogP contribution in [0, 0.1) is 0 Å². The molecule has 39 heavy (non-hydrogen) atoms. The molecule has 0 bridgehead atoms. The number of halogens is 4. The summed E-state index contributed by atoms with van der Waals surface area (Å²) in [5, 5.41) is 10.1. The number of alkyl halides is 3. The molecule has 6 nitrogen and oxygen atoms in total. The van der Waals surface area contributed by atoms with Gasteiger partial charge in [-0.1, -0.05) is 48.4 Å². The minimum Gasteiger partial charge on any atom is -0.493 e. The Morgan fingerprint density at radius 1 is 1.05 bits per heavy atom. The van der Waals surface area contributed by atoms with Crippen LogP contribution in [-0.4, -0.2) is 42.8 Å². The highest BCUT2D eigenvalue weighted by Gasteiger charge is 2.38. The van der Waals surface area contributed by atoms with Gasteiger partial charge >= 0.3 is 12.1 Å². The van der Waals surface area contributed by atoms with Crippen LogP contribution >= 0.6 is 11.6 Å². The lowest BCUT2D eigenvalue weighted by Crippen LogP contribution is -2.47. The van der Waals surface area contributed by atoms with Crippen molar-refractivity contribution in [2.45, 2.75) is 44.1 Å². The smallest absolute Gasteiger partial charge is 0.416 e. The number of methoxy groups -OCH3 is 2. The SMILES string of the molecule is COc1cc(C(c2cc(C(F)(F)F)ccc2Cl)N2CCCCC2C(=O)O)cc(OC)c1OCc1ccccc1. The van der Waals surface area contributed by atoms with Crippen LogP contribution in [0.5, 0.6) is 17.2 Å². The third-order valence-corrected chi connectivity index (χ3v) is 7.15. The van der Waals surface area contributed by atoms with E-state index in [2.05, 4.69) is 0 Å². The van der Waals surface area contributed by atoms with E-state index < -0.39 is 29.8 Å². The van der Waals surface area contributed by atoms with Crippen molar-refractivity contribution in [2.24, 2.45) is 0 Å². The van der Waals surface area contributed by atoms with E-state index in [1.165, 1.54) is 20.3 Å². The van der Waals surface area contributed by atoms with Crippen LogP contribution in [0.2, 0.25) is 5.02 Å². The van der Waals surface area contributed by atoms with Crippen molar-refractivity contribution in [3.8, 4) is 17.2 Å². The lowest BCUT2D eigenvalue weighted by Gasteiger charge is -2.40. The van der Waals surface area contributed by atoms with Gasteiger partial charge in [0.25, 0.3) is 0 Å². The van der Waals surface area contributed by atoms with Crippen LogP contribution in [0.15, 0.2) is 60.7 Å². The quantitative estimate of drug-likeness (QED) is 0.303. The standard InChI is InChI=1S/C29H29ClF3NO5/c1-37-24-14-19(15-25(38-2)27(24)39-17-18-8-4-3-5-9-18)26(34-13-7-6-10-23(34)28(35)36)21-16-20(29(31,32)33)11-12-22(21)30/h3-5,8-9,11-12,14-16,23,26H,6-7,10,13,17H2,1-2H3,(H,35,36). The van der Waals surface area contributed by atoms with Crippen LogP contribution in [0.1, 0.15) is 47.6 Å². The van der Waals surface area contributed by atoms with Crippen molar-refractivity contribution in [3.63, 3.8) is 0 Å². The Morgan fingerprint density at radius 2 is 1.72 bits per heavy atom. The second-order valence-corrected chi connectivity index (χ2v) is 9.66. The Kier molecular flexibility index (Phi) is 8.92. The van der Waals surface area contributed by atoms with Crippen molar-refractivity contribution >= 4 is 17.6 Å². The Hall–Kier alpha value is -3.43. The van der Waals surface area contributed by atoms with Crippen molar-refractivity contribution in [1.82, 2.24) is 4.90 Å². The maximum atomic E-state index is 13.7. The molecular formula is C29H29ClF3NO5. The molecule has 3 aromatic carbocycles. The van der Waals surface area contributed by atoms with E-state index in [1.54, 1.807) is 17.0 Å². The Balaban J connectivity index is 1.86. The molecule has 1 aliphatic heterocycles. The zero-order chi connectivity index (χ0) is 28.2. The first-order valence-corrected chi connectivity index (χ1v) is 12.8. The fourth-order valence-electron chi connectivity index (χ4n) is 4.94. The second kappa shape index (κ2) is 12.2. The molecule has 1 aliphatic rings. The molecule has 1 N–H and O–H groups in total. The maximum absolute atomic E-state index is 13.7. The number of aliphatic carboxylic acids is 1. The molecule has 0 aliphatic carbocycles. The number of ether oxygens (including phenoxy) is 3. The number of carboxylic acid groups (broad SMARTS) is 1. The molecule has 1 fully saturated rings. The molecule has 4 rings (SSSR count). The number of hydrogen-bond donors (Lipinski definition) is 1. The van der Waals surface area contributed by atoms with Crippen LogP contribution in [0.3, 0.4) is 0 Å². The summed E-state index contributed by atoms with van der Waals surface area (Å²) in [6, 6.07) is 14.0. The van der Waals surface area contributed by atoms with E-state index in [0.29, 0.717) is 37.1 Å². The van der Waals surface area contributed by atoms with Crippen molar-refractivity contribution in [3.05, 3.63) is 87.9 Å². The first kappa shape index (κ1) is 28.6. The first-order chi connectivity index (χ1) is 18.6. The van der Waals surface area contributed by atoms with E-state index in [9.17, 15) is 23.1 Å². The maximum Gasteiger partial charge on any atom is 0.416 e. The molecule has 3 aromatic rings. The van der Waals surface area contributed by atoms with Gasteiger partial charge < -0.3 is 19.3 Å². The number of carboxylic acids is 1. The first-order valence-electron chi connectivity index (χ1n) is 12.4. The third kappa shape index (κ3) is 6.42. The highest BCUT2D eigenvalue weighted by molar-refractivity contribution is 6.31. The molecule has 0 aromatic heterocycles. The lowest BCUT2D eigenvalue weighted by atomic mass is 9.90. The summed E-state index contributed by atoms with van der Waals surface area (Å²) in [5.41, 5.74) is 0.640. The minimum atomic E-state index is -4.61. The van der Waals surface area contributed by atoms with Crippen molar-refractivity contribution in [1.29, 1.82) is 0 Å². The van der Waals surface area contributed by atoms with Gasteiger partial charge in [0, 0.05) is 5.02 Å². The fraction of sp³-hybridized carbons (Fsp3) is 0.345. The Labute approximate surface area is 229 Å². The number of hydrogen-bond acceptors (Lipinski definition) is 5. The Bertz CT molecular complexity index is 1280. The highest BCUT2D eigenvalue weighted by atomic mass is 35.5. The van der Waals surface area contributed by atoms with E-state index >= 15 is 0 Å². The fourth-order valence-corrected chi connectivity index (χ4v) is 5.16. The number of nitrogens with zero attached hydrogens (tertiary/aromatic N) is 1. The zero-order valence-corrected chi connectivity index (χ0v) is 22.3. The van der Waals surface area contributed by atoms with E-state index in [4.69, 9.17) is 25.8 Å². The molecule has 10 heteroatoms. The second-order valence-electron chi connectivity index (χ2n) is 9.25. The van der Waals surface area contributed by atoms with Gasteiger partial charge in [-0.3, -0.25) is 9.69 Å². The summed E-state index contributed by atoms with van der Waals surface area (Å²) >= 11 is 6.50. The lowest BCUT2D eigenvalue weighted by molar-refractivity contribution is -0.145. The molecule has 1 saturated heterocycles. The van der Waals surface area contributed by atoms with Crippen molar-refractivity contribution in [2.75, 3.05) is 20.8 Å². The molecule has 1 heterocycles.